The molecule has 1 saturated carbocycles. The van der Waals surface area contributed by atoms with Crippen LogP contribution in [-0.2, 0) is 4.79 Å². The molecule has 0 radical (unpaired) electrons. The average Bonchev–Trinajstić information content (AvgIpc) is 2.76. The Hall–Kier alpha value is -1.30. The average molecular weight is 420 g/mol. The molecule has 1 aromatic rings. The second-order valence-electron chi connectivity index (χ2n) is 8.74. The number of rotatable bonds is 6. The van der Waals surface area contributed by atoms with E-state index in [9.17, 15) is 4.79 Å². The molecule has 160 valence electrons. The third-order valence-corrected chi connectivity index (χ3v) is 7.20. The number of fused-ring (bicyclic) bond motifs is 1. The molecule has 1 aliphatic carbocycles. The van der Waals surface area contributed by atoms with Gasteiger partial charge < -0.3 is 9.64 Å². The van der Waals surface area contributed by atoms with Gasteiger partial charge in [0, 0.05) is 45.3 Å². The van der Waals surface area contributed by atoms with Crippen LogP contribution in [0, 0.1) is 5.92 Å². The van der Waals surface area contributed by atoms with Crippen LogP contribution in [-0.4, -0.2) is 79.1 Å². The van der Waals surface area contributed by atoms with Crippen LogP contribution in [0.5, 0.6) is 5.75 Å². The summed E-state index contributed by atoms with van der Waals surface area (Å²) in [5.74, 6) is 1.87. The van der Waals surface area contributed by atoms with Gasteiger partial charge in [0.25, 0.3) is 0 Å². The predicted molar refractivity (Wildman–Crippen MR) is 117 cm³/mol. The minimum absolute atomic E-state index is 0.358. The predicted octanol–water partition coefficient (Wildman–Crippen LogP) is 3.52. The molecule has 0 N–H and O–H groups in total. The van der Waals surface area contributed by atoms with E-state index in [1.165, 1.54) is 38.5 Å². The Bertz CT molecular complexity index is 676. The summed E-state index contributed by atoms with van der Waals surface area (Å²) in [5.41, 5.74) is 0. The third kappa shape index (κ3) is 5.44. The van der Waals surface area contributed by atoms with Gasteiger partial charge >= 0.3 is 0 Å². The smallest absolute Gasteiger partial charge is 0.237 e. The Morgan fingerprint density at radius 1 is 0.966 bits per heavy atom. The summed E-state index contributed by atoms with van der Waals surface area (Å²) in [6.45, 7) is 6.99. The Kier molecular flexibility index (Phi) is 7.33. The Morgan fingerprint density at radius 2 is 1.69 bits per heavy atom. The van der Waals surface area contributed by atoms with E-state index in [1.807, 2.05) is 24.3 Å². The third-order valence-electron chi connectivity index (χ3n) is 6.89. The summed E-state index contributed by atoms with van der Waals surface area (Å²) in [6.07, 6.45) is 7.69. The van der Waals surface area contributed by atoms with Crippen molar-refractivity contribution < 1.29 is 9.53 Å². The van der Waals surface area contributed by atoms with Crippen molar-refractivity contribution in [3.8, 4) is 5.75 Å². The van der Waals surface area contributed by atoms with E-state index in [0.29, 0.717) is 30.1 Å². The maximum absolute atomic E-state index is 13.0. The van der Waals surface area contributed by atoms with Crippen molar-refractivity contribution in [2.24, 2.45) is 5.92 Å². The summed E-state index contributed by atoms with van der Waals surface area (Å²) in [6, 6.07) is 8.13. The summed E-state index contributed by atoms with van der Waals surface area (Å²) < 4.78 is 5.81. The van der Waals surface area contributed by atoms with E-state index in [1.54, 1.807) is 0 Å². The monoisotopic (exact) mass is 419 g/mol. The zero-order valence-corrected chi connectivity index (χ0v) is 18.2. The first-order valence-corrected chi connectivity index (χ1v) is 11.7. The highest BCUT2D eigenvalue weighted by atomic mass is 35.5. The molecule has 2 heterocycles. The quantitative estimate of drug-likeness (QED) is 0.706. The number of amides is 1. The van der Waals surface area contributed by atoms with Gasteiger partial charge in [0.2, 0.25) is 5.91 Å². The number of piperazine rings is 1. The number of halogens is 1. The van der Waals surface area contributed by atoms with Gasteiger partial charge in [0.05, 0.1) is 11.6 Å². The first kappa shape index (κ1) is 21.0. The number of piperidine rings is 1. The number of nitrogens with zero attached hydrogens (tertiary/aromatic N) is 3. The molecule has 1 amide bonds. The van der Waals surface area contributed by atoms with Gasteiger partial charge in [0.15, 0.2) is 0 Å². The number of para-hydroxylation sites is 1. The SMILES string of the molecule is O=C(CN1CCN(CCOc2ccccc2Cl)CC1)N1CCCC2CCCCC21. The second kappa shape index (κ2) is 10.1. The molecule has 2 unspecified atom stereocenters. The van der Waals surface area contributed by atoms with Crippen LogP contribution in [0.25, 0.3) is 0 Å². The van der Waals surface area contributed by atoms with Gasteiger partial charge in [-0.25, -0.2) is 0 Å². The van der Waals surface area contributed by atoms with Crippen LogP contribution in [0.2, 0.25) is 5.02 Å². The number of ether oxygens (including phenoxy) is 1. The standard InChI is InChI=1S/C23H34ClN3O2/c24-20-8-2-4-10-22(20)29-17-16-25-12-14-26(15-13-25)18-23(28)27-11-5-7-19-6-1-3-9-21(19)27/h2,4,8,10,19,21H,1,3,5-7,9,11-18H2. The molecule has 2 saturated heterocycles. The van der Waals surface area contributed by atoms with Crippen LogP contribution in [0.3, 0.4) is 0 Å². The van der Waals surface area contributed by atoms with Crippen LogP contribution in [0.1, 0.15) is 38.5 Å². The Morgan fingerprint density at radius 3 is 2.52 bits per heavy atom. The molecular weight excluding hydrogens is 386 g/mol. The first-order chi connectivity index (χ1) is 14.2. The molecule has 2 atom stereocenters. The maximum atomic E-state index is 13.0. The first-order valence-electron chi connectivity index (χ1n) is 11.3. The van der Waals surface area contributed by atoms with E-state index in [-0.39, 0.29) is 0 Å². The van der Waals surface area contributed by atoms with Crippen molar-refractivity contribution in [3.05, 3.63) is 29.3 Å². The number of hydrogen-bond acceptors (Lipinski definition) is 4. The molecule has 0 bridgehead atoms. The van der Waals surface area contributed by atoms with E-state index < -0.39 is 0 Å². The van der Waals surface area contributed by atoms with E-state index in [0.717, 1.165) is 50.9 Å². The molecule has 3 aliphatic rings. The zero-order valence-electron chi connectivity index (χ0n) is 17.4. The minimum Gasteiger partial charge on any atom is -0.491 e. The van der Waals surface area contributed by atoms with Crippen molar-refractivity contribution in [2.75, 3.05) is 52.4 Å². The van der Waals surface area contributed by atoms with Gasteiger partial charge in [0.1, 0.15) is 12.4 Å². The molecule has 3 fully saturated rings. The highest BCUT2D eigenvalue weighted by Crippen LogP contribution is 2.35. The highest BCUT2D eigenvalue weighted by Gasteiger charge is 2.36. The second-order valence-corrected chi connectivity index (χ2v) is 9.15. The molecule has 4 rings (SSSR count). The number of likely N-dealkylation sites (tertiary alicyclic amines) is 1. The van der Waals surface area contributed by atoms with Crippen LogP contribution in [0.4, 0.5) is 0 Å². The minimum atomic E-state index is 0.358. The lowest BCUT2D eigenvalue weighted by Gasteiger charge is -2.45. The lowest BCUT2D eigenvalue weighted by molar-refractivity contribution is -0.139. The molecule has 6 heteroatoms. The van der Waals surface area contributed by atoms with Crippen LogP contribution >= 0.6 is 11.6 Å². The summed E-state index contributed by atoms with van der Waals surface area (Å²) >= 11 is 6.14. The molecule has 29 heavy (non-hydrogen) atoms. The molecule has 2 aliphatic heterocycles. The van der Waals surface area contributed by atoms with Crippen molar-refractivity contribution in [1.29, 1.82) is 0 Å². The molecule has 1 aromatic carbocycles. The van der Waals surface area contributed by atoms with Crippen molar-refractivity contribution >= 4 is 17.5 Å². The number of benzene rings is 1. The highest BCUT2D eigenvalue weighted by molar-refractivity contribution is 6.32. The summed E-state index contributed by atoms with van der Waals surface area (Å²) in [5, 5.41) is 0.661. The molecule has 0 aromatic heterocycles. The van der Waals surface area contributed by atoms with Crippen molar-refractivity contribution in [1.82, 2.24) is 14.7 Å². The summed E-state index contributed by atoms with van der Waals surface area (Å²) in [7, 11) is 0. The lowest BCUT2D eigenvalue weighted by Crippen LogP contribution is -2.55. The van der Waals surface area contributed by atoms with Gasteiger partial charge in [-0.05, 0) is 43.7 Å². The van der Waals surface area contributed by atoms with Crippen LogP contribution in [0.15, 0.2) is 24.3 Å². The molecule has 5 nitrogen and oxygen atoms in total. The topological polar surface area (TPSA) is 36.0 Å². The van der Waals surface area contributed by atoms with Gasteiger partial charge in [-0.2, -0.15) is 0 Å². The van der Waals surface area contributed by atoms with Gasteiger partial charge in [-0.1, -0.05) is 36.6 Å². The fraction of sp³-hybridized carbons (Fsp3) is 0.696. The fourth-order valence-electron chi connectivity index (χ4n) is 5.23. The fourth-order valence-corrected chi connectivity index (χ4v) is 5.42. The lowest BCUT2D eigenvalue weighted by atomic mass is 9.78. The van der Waals surface area contributed by atoms with E-state index >= 15 is 0 Å². The van der Waals surface area contributed by atoms with Crippen molar-refractivity contribution in [2.45, 2.75) is 44.6 Å². The Labute approximate surface area is 179 Å². The number of hydrogen-bond donors (Lipinski definition) is 0. The van der Waals surface area contributed by atoms with Crippen molar-refractivity contribution in [3.63, 3.8) is 0 Å². The van der Waals surface area contributed by atoms with Gasteiger partial charge in [-0.15, -0.1) is 0 Å². The number of carbonyl (C=O) groups is 1. The zero-order chi connectivity index (χ0) is 20.1. The van der Waals surface area contributed by atoms with E-state index in [2.05, 4.69) is 14.7 Å². The molecule has 0 spiro atoms. The largest absolute Gasteiger partial charge is 0.491 e. The van der Waals surface area contributed by atoms with E-state index in [4.69, 9.17) is 16.3 Å². The number of carbonyl (C=O) groups excluding carboxylic acids is 1. The maximum Gasteiger partial charge on any atom is 0.237 e. The van der Waals surface area contributed by atoms with Crippen LogP contribution < -0.4 is 4.74 Å². The van der Waals surface area contributed by atoms with Gasteiger partial charge in [-0.3, -0.25) is 14.6 Å². The normalized spacial score (nSPS) is 26.2. The summed E-state index contributed by atoms with van der Waals surface area (Å²) in [4.78, 5) is 20.0. The Balaban J connectivity index is 1.18. The molecular formula is C23H34ClN3O2.